The molecule has 3 aromatic carbocycles. The average Bonchev–Trinajstić information content (AvgIpc) is 2.97. The van der Waals surface area contributed by atoms with Crippen molar-refractivity contribution in [2.45, 2.75) is 33.7 Å². The molecule has 4 nitrogen and oxygen atoms in total. The molecule has 0 radical (unpaired) electrons. The van der Waals surface area contributed by atoms with Crippen LogP contribution in [0.4, 0.5) is 15.8 Å². The molecule has 0 atom stereocenters. The number of rotatable bonds is 5. The second-order valence-electron chi connectivity index (χ2n) is 8.22. The fourth-order valence-electron chi connectivity index (χ4n) is 3.47. The molecule has 1 amide bonds. The van der Waals surface area contributed by atoms with E-state index in [1.807, 2.05) is 0 Å². The van der Waals surface area contributed by atoms with Crippen LogP contribution in [0.15, 0.2) is 70.6 Å². The first kappa shape index (κ1) is 22.9. The number of benzene rings is 3. The third-order valence-corrected chi connectivity index (χ3v) is 6.54. The zero-order valence-electron chi connectivity index (χ0n) is 19.0. The normalized spacial score (nSPS) is 13.0. The predicted molar refractivity (Wildman–Crippen MR) is 136 cm³/mol. The summed E-state index contributed by atoms with van der Waals surface area (Å²) in [6.07, 6.45) is 0.561. The third kappa shape index (κ3) is 5.96. The Morgan fingerprint density at radius 1 is 0.939 bits per heavy atom. The number of nitrogens with zero attached hydrogens (tertiary/aromatic N) is 2. The van der Waals surface area contributed by atoms with Gasteiger partial charge in [-0.05, 0) is 67.3 Å². The molecule has 1 N–H and O–H groups in total. The summed E-state index contributed by atoms with van der Waals surface area (Å²) in [6, 6.07) is 18.6. The van der Waals surface area contributed by atoms with Crippen LogP contribution >= 0.6 is 11.8 Å². The van der Waals surface area contributed by atoms with Gasteiger partial charge in [0.25, 0.3) is 0 Å². The van der Waals surface area contributed by atoms with Gasteiger partial charge in [0.15, 0.2) is 0 Å². The first-order valence-electron chi connectivity index (χ1n) is 10.8. The van der Waals surface area contributed by atoms with Crippen molar-refractivity contribution < 1.29 is 9.18 Å². The Morgan fingerprint density at radius 2 is 1.58 bits per heavy atom. The number of hydrogen-bond donors (Lipinski definition) is 1. The number of amides is 1. The molecule has 3 aromatic rings. The first-order valence-corrected chi connectivity index (χ1v) is 11.8. The van der Waals surface area contributed by atoms with Crippen LogP contribution in [0, 0.1) is 26.6 Å². The highest BCUT2D eigenvalue weighted by Gasteiger charge is 2.17. The molecule has 168 valence electrons. The minimum Gasteiger partial charge on any atom is -0.351 e. The summed E-state index contributed by atoms with van der Waals surface area (Å²) in [5.41, 5.74) is 8.06. The van der Waals surface area contributed by atoms with Crippen molar-refractivity contribution in [1.82, 2.24) is 5.32 Å². The van der Waals surface area contributed by atoms with Crippen molar-refractivity contribution in [1.29, 1.82) is 0 Å². The third-order valence-electron chi connectivity index (χ3n) is 5.57. The zero-order valence-corrected chi connectivity index (χ0v) is 19.8. The standard InChI is InChI=1S/C27H26FN3OS/c1-17-4-8-21(9-5-17)23-14-27(31-25-13-19(3)18(2)12-24(25)30-23)33-16-26(32)29-15-20-6-10-22(28)11-7-20/h4-13H,14-16H2,1-3H3,(H,29,32). The molecule has 0 unspecified atom stereocenters. The molecule has 0 saturated heterocycles. The minimum absolute atomic E-state index is 0.0922. The lowest BCUT2D eigenvalue weighted by molar-refractivity contribution is -0.118. The smallest absolute Gasteiger partial charge is 0.230 e. The second-order valence-corrected chi connectivity index (χ2v) is 9.27. The Balaban J connectivity index is 1.51. The van der Waals surface area contributed by atoms with Crippen LogP contribution in [-0.2, 0) is 11.3 Å². The highest BCUT2D eigenvalue weighted by Crippen LogP contribution is 2.36. The van der Waals surface area contributed by atoms with E-state index in [0.29, 0.717) is 13.0 Å². The Hall–Kier alpha value is -3.25. The predicted octanol–water partition coefficient (Wildman–Crippen LogP) is 6.36. The summed E-state index contributed by atoms with van der Waals surface area (Å²) in [4.78, 5) is 22.3. The molecule has 1 heterocycles. The van der Waals surface area contributed by atoms with E-state index in [0.717, 1.165) is 38.8 Å². The SMILES string of the molecule is Cc1ccc(C2=Nc3cc(C)c(C)cc3N=C(SCC(=O)NCc3ccc(F)cc3)C2)cc1. The van der Waals surface area contributed by atoms with E-state index in [4.69, 9.17) is 9.98 Å². The van der Waals surface area contributed by atoms with Gasteiger partial charge in [0.1, 0.15) is 5.82 Å². The van der Waals surface area contributed by atoms with Crippen molar-refractivity contribution in [3.63, 3.8) is 0 Å². The lowest BCUT2D eigenvalue weighted by Gasteiger charge is -2.09. The van der Waals surface area contributed by atoms with Gasteiger partial charge in [0, 0.05) is 13.0 Å². The van der Waals surface area contributed by atoms with E-state index in [9.17, 15) is 9.18 Å². The number of hydrogen-bond acceptors (Lipinski definition) is 4. The number of carbonyl (C=O) groups is 1. The lowest BCUT2D eigenvalue weighted by Crippen LogP contribution is -2.25. The van der Waals surface area contributed by atoms with Crippen molar-refractivity contribution in [2.75, 3.05) is 5.75 Å². The number of fused-ring (bicyclic) bond motifs is 1. The summed E-state index contributed by atoms with van der Waals surface area (Å²) >= 11 is 1.43. The summed E-state index contributed by atoms with van der Waals surface area (Å²) in [5.74, 6) is -0.129. The van der Waals surface area contributed by atoms with Crippen LogP contribution in [0.5, 0.6) is 0 Å². The van der Waals surface area contributed by atoms with Crippen LogP contribution in [0.25, 0.3) is 0 Å². The molecule has 6 heteroatoms. The maximum absolute atomic E-state index is 13.1. The van der Waals surface area contributed by atoms with E-state index in [1.54, 1.807) is 12.1 Å². The highest BCUT2D eigenvalue weighted by molar-refractivity contribution is 8.14. The monoisotopic (exact) mass is 459 g/mol. The number of aryl methyl sites for hydroxylation is 3. The molecule has 33 heavy (non-hydrogen) atoms. The van der Waals surface area contributed by atoms with Crippen molar-refractivity contribution in [2.24, 2.45) is 9.98 Å². The topological polar surface area (TPSA) is 53.8 Å². The molecule has 0 fully saturated rings. The van der Waals surface area contributed by atoms with Crippen molar-refractivity contribution in [3.8, 4) is 0 Å². The number of carbonyl (C=O) groups excluding carboxylic acids is 1. The number of aliphatic imine (C=N–C) groups is 2. The van der Waals surface area contributed by atoms with E-state index >= 15 is 0 Å². The van der Waals surface area contributed by atoms with Crippen LogP contribution in [0.2, 0.25) is 0 Å². The van der Waals surface area contributed by atoms with Gasteiger partial charge in [0.2, 0.25) is 5.91 Å². The van der Waals surface area contributed by atoms with E-state index in [2.05, 4.69) is 62.5 Å². The lowest BCUT2D eigenvalue weighted by atomic mass is 10.1. The summed E-state index contributed by atoms with van der Waals surface area (Å²) in [6.45, 7) is 6.57. The summed E-state index contributed by atoms with van der Waals surface area (Å²) < 4.78 is 13.1. The number of thioether (sulfide) groups is 1. The average molecular weight is 460 g/mol. The molecule has 0 bridgehead atoms. The van der Waals surface area contributed by atoms with Gasteiger partial charge >= 0.3 is 0 Å². The van der Waals surface area contributed by atoms with Gasteiger partial charge in [-0.3, -0.25) is 9.79 Å². The Morgan fingerprint density at radius 3 is 2.24 bits per heavy atom. The second kappa shape index (κ2) is 10.1. The number of halogens is 1. The number of nitrogens with one attached hydrogen (secondary N) is 1. The molecule has 0 spiro atoms. The quantitative estimate of drug-likeness (QED) is 0.483. The van der Waals surface area contributed by atoms with Gasteiger partial charge in [-0.15, -0.1) is 11.8 Å². The Kier molecular flexibility index (Phi) is 7.04. The molecule has 0 saturated carbocycles. The zero-order chi connectivity index (χ0) is 23.4. The largest absolute Gasteiger partial charge is 0.351 e. The maximum Gasteiger partial charge on any atom is 0.230 e. The van der Waals surface area contributed by atoms with Gasteiger partial charge in [-0.25, -0.2) is 9.38 Å². The summed E-state index contributed by atoms with van der Waals surface area (Å²) in [7, 11) is 0. The van der Waals surface area contributed by atoms with Crippen LogP contribution < -0.4 is 5.32 Å². The Bertz CT molecular complexity index is 1230. The van der Waals surface area contributed by atoms with Crippen molar-refractivity contribution >= 4 is 39.8 Å². The van der Waals surface area contributed by atoms with Crippen molar-refractivity contribution in [3.05, 3.63) is 94.3 Å². The van der Waals surface area contributed by atoms with E-state index < -0.39 is 0 Å². The first-order chi connectivity index (χ1) is 15.9. The van der Waals surface area contributed by atoms with Crippen LogP contribution in [-0.4, -0.2) is 22.4 Å². The van der Waals surface area contributed by atoms with Gasteiger partial charge < -0.3 is 5.32 Å². The van der Waals surface area contributed by atoms with E-state index in [-0.39, 0.29) is 17.5 Å². The highest BCUT2D eigenvalue weighted by atomic mass is 32.2. The molecule has 1 aliphatic heterocycles. The molecule has 0 aliphatic carbocycles. The fraction of sp³-hybridized carbons (Fsp3) is 0.222. The van der Waals surface area contributed by atoms with Gasteiger partial charge in [-0.1, -0.05) is 42.0 Å². The van der Waals surface area contributed by atoms with Crippen LogP contribution in [0.1, 0.15) is 34.2 Å². The molecular weight excluding hydrogens is 433 g/mol. The molecule has 0 aromatic heterocycles. The molecule has 4 rings (SSSR count). The molecular formula is C27H26FN3OS. The van der Waals surface area contributed by atoms with Gasteiger partial charge in [0.05, 0.1) is 27.9 Å². The van der Waals surface area contributed by atoms with E-state index in [1.165, 1.54) is 35.0 Å². The van der Waals surface area contributed by atoms with Crippen LogP contribution in [0.3, 0.4) is 0 Å². The molecule has 1 aliphatic rings. The Labute approximate surface area is 198 Å². The fourth-order valence-corrected chi connectivity index (χ4v) is 4.27. The minimum atomic E-state index is -0.288. The van der Waals surface area contributed by atoms with Gasteiger partial charge in [-0.2, -0.15) is 0 Å². The maximum atomic E-state index is 13.1. The summed E-state index contributed by atoms with van der Waals surface area (Å²) in [5, 5.41) is 3.75.